The highest BCUT2D eigenvalue weighted by Gasteiger charge is 2.10. The first kappa shape index (κ1) is 14.5. The summed E-state index contributed by atoms with van der Waals surface area (Å²) in [6, 6.07) is 7.93. The van der Waals surface area contributed by atoms with Crippen LogP contribution in [-0.2, 0) is 13.0 Å². The van der Waals surface area contributed by atoms with Gasteiger partial charge < -0.3 is 4.57 Å². The molecular weight excluding hydrogens is 248 g/mol. The first-order chi connectivity index (χ1) is 9.61. The Kier molecular flexibility index (Phi) is 4.72. The second kappa shape index (κ2) is 6.51. The monoisotopic (exact) mass is 270 g/mol. The van der Waals surface area contributed by atoms with Gasteiger partial charge in [-0.05, 0) is 17.9 Å². The van der Waals surface area contributed by atoms with Crippen molar-refractivity contribution in [3.05, 3.63) is 53.6 Å². The molecule has 1 aromatic carbocycles. The average Bonchev–Trinajstić information content (AvgIpc) is 2.86. The summed E-state index contributed by atoms with van der Waals surface area (Å²) in [7, 11) is 0. The third-order valence-corrected chi connectivity index (χ3v) is 3.49. The molecule has 2 rings (SSSR count). The van der Waals surface area contributed by atoms with Crippen LogP contribution in [0.1, 0.15) is 54.9 Å². The number of hydrogen-bond donors (Lipinski definition) is 0. The highest BCUT2D eigenvalue weighted by Crippen LogP contribution is 2.15. The summed E-state index contributed by atoms with van der Waals surface area (Å²) in [5.74, 6) is 1.61. The summed E-state index contributed by atoms with van der Waals surface area (Å²) < 4.78 is 1.95. The third kappa shape index (κ3) is 3.35. The minimum absolute atomic E-state index is 0.135. The molecule has 0 bridgehead atoms. The summed E-state index contributed by atoms with van der Waals surface area (Å²) in [6.45, 7) is 6.79. The van der Waals surface area contributed by atoms with Crippen LogP contribution >= 0.6 is 0 Å². The van der Waals surface area contributed by atoms with Crippen molar-refractivity contribution in [3.8, 4) is 0 Å². The molecule has 0 radical (unpaired) electrons. The quantitative estimate of drug-likeness (QED) is 0.747. The number of carbonyl (C=O) groups is 1. The van der Waals surface area contributed by atoms with Gasteiger partial charge in [-0.1, -0.05) is 45.0 Å². The second-order valence-corrected chi connectivity index (χ2v) is 5.42. The van der Waals surface area contributed by atoms with Crippen LogP contribution in [-0.4, -0.2) is 15.3 Å². The summed E-state index contributed by atoms with van der Waals surface area (Å²) in [5, 5.41) is 0. The zero-order valence-corrected chi connectivity index (χ0v) is 12.5. The number of aryl methyl sites for hydroxylation is 1. The molecule has 0 aliphatic heterocycles. The van der Waals surface area contributed by atoms with E-state index >= 15 is 0 Å². The molecule has 1 aromatic heterocycles. The zero-order chi connectivity index (χ0) is 14.5. The molecule has 0 aliphatic carbocycles. The highest BCUT2D eigenvalue weighted by molar-refractivity contribution is 5.95. The summed E-state index contributed by atoms with van der Waals surface area (Å²) in [4.78, 5) is 16.6. The van der Waals surface area contributed by atoms with Gasteiger partial charge in [0.15, 0.2) is 5.78 Å². The SMILES string of the molecule is CCCc1nccn1CC(=O)c1ccc(C(C)C)cc1. The van der Waals surface area contributed by atoms with E-state index in [1.54, 1.807) is 6.20 Å². The molecule has 0 unspecified atom stereocenters. The van der Waals surface area contributed by atoms with Gasteiger partial charge in [-0.15, -0.1) is 0 Å². The van der Waals surface area contributed by atoms with Crippen molar-refractivity contribution < 1.29 is 4.79 Å². The summed E-state index contributed by atoms with van der Waals surface area (Å²) in [6.07, 6.45) is 5.59. The first-order valence-electron chi connectivity index (χ1n) is 7.25. The lowest BCUT2D eigenvalue weighted by molar-refractivity contribution is 0.0971. The molecule has 0 amide bonds. The molecule has 1 heterocycles. The number of imidazole rings is 1. The lowest BCUT2D eigenvalue weighted by atomic mass is 10.0. The van der Waals surface area contributed by atoms with Crippen molar-refractivity contribution in [2.24, 2.45) is 0 Å². The largest absolute Gasteiger partial charge is 0.327 e. The number of nitrogens with zero attached hydrogens (tertiary/aromatic N) is 2. The van der Waals surface area contributed by atoms with Crippen molar-refractivity contribution in [2.75, 3.05) is 0 Å². The Bertz CT molecular complexity index is 567. The van der Waals surface area contributed by atoms with Crippen LogP contribution in [0.5, 0.6) is 0 Å². The van der Waals surface area contributed by atoms with E-state index in [9.17, 15) is 4.79 Å². The molecule has 0 spiro atoms. The third-order valence-electron chi connectivity index (χ3n) is 3.49. The van der Waals surface area contributed by atoms with Gasteiger partial charge in [0.25, 0.3) is 0 Å². The van der Waals surface area contributed by atoms with Crippen LogP contribution < -0.4 is 0 Å². The Labute approximate surface area is 120 Å². The van der Waals surface area contributed by atoms with Crippen molar-refractivity contribution in [2.45, 2.75) is 46.1 Å². The van der Waals surface area contributed by atoms with E-state index in [1.165, 1.54) is 5.56 Å². The smallest absolute Gasteiger partial charge is 0.182 e. The molecule has 0 saturated carbocycles. The Morgan fingerprint density at radius 1 is 1.25 bits per heavy atom. The number of Topliss-reactive ketones (excluding diaryl/α,β-unsaturated/α-hetero) is 1. The topological polar surface area (TPSA) is 34.9 Å². The van der Waals surface area contributed by atoms with Crippen LogP contribution in [0.4, 0.5) is 0 Å². The molecule has 0 fully saturated rings. The molecule has 3 nitrogen and oxygen atoms in total. The summed E-state index contributed by atoms with van der Waals surface area (Å²) >= 11 is 0. The van der Waals surface area contributed by atoms with Crippen LogP contribution in [0.3, 0.4) is 0 Å². The van der Waals surface area contributed by atoms with Gasteiger partial charge in [0.05, 0.1) is 6.54 Å². The van der Waals surface area contributed by atoms with Gasteiger partial charge in [-0.25, -0.2) is 4.98 Å². The Balaban J connectivity index is 2.09. The van der Waals surface area contributed by atoms with E-state index in [0.29, 0.717) is 12.5 Å². The number of aromatic nitrogens is 2. The van der Waals surface area contributed by atoms with Gasteiger partial charge in [-0.3, -0.25) is 4.79 Å². The van der Waals surface area contributed by atoms with Crippen LogP contribution in [0.25, 0.3) is 0 Å². The molecule has 106 valence electrons. The molecule has 3 heteroatoms. The standard InChI is InChI=1S/C17H22N2O/c1-4-5-17-18-10-11-19(17)12-16(20)15-8-6-14(7-9-15)13(2)3/h6-11,13H,4-5,12H2,1-3H3. The van der Waals surface area contributed by atoms with Gasteiger partial charge >= 0.3 is 0 Å². The van der Waals surface area contributed by atoms with Crippen LogP contribution in [0, 0.1) is 0 Å². The Morgan fingerprint density at radius 3 is 2.55 bits per heavy atom. The zero-order valence-electron chi connectivity index (χ0n) is 12.5. The van der Waals surface area contributed by atoms with Crippen LogP contribution in [0.2, 0.25) is 0 Å². The molecule has 0 aliphatic rings. The highest BCUT2D eigenvalue weighted by atomic mass is 16.1. The number of hydrogen-bond acceptors (Lipinski definition) is 2. The van der Waals surface area contributed by atoms with E-state index < -0.39 is 0 Å². The van der Waals surface area contributed by atoms with Crippen molar-refractivity contribution >= 4 is 5.78 Å². The average molecular weight is 270 g/mol. The van der Waals surface area contributed by atoms with E-state index in [4.69, 9.17) is 0 Å². The van der Waals surface area contributed by atoms with E-state index in [-0.39, 0.29) is 5.78 Å². The number of rotatable bonds is 6. The van der Waals surface area contributed by atoms with E-state index in [2.05, 4.69) is 25.8 Å². The maximum atomic E-state index is 12.3. The van der Waals surface area contributed by atoms with Gasteiger partial charge in [0, 0.05) is 24.4 Å². The summed E-state index contributed by atoms with van der Waals surface area (Å²) in [5.41, 5.74) is 2.03. The minimum Gasteiger partial charge on any atom is -0.327 e. The molecule has 0 saturated heterocycles. The molecule has 0 N–H and O–H groups in total. The van der Waals surface area contributed by atoms with Crippen molar-refractivity contribution in [1.82, 2.24) is 9.55 Å². The van der Waals surface area contributed by atoms with Gasteiger partial charge in [0.2, 0.25) is 0 Å². The van der Waals surface area contributed by atoms with Gasteiger partial charge in [-0.2, -0.15) is 0 Å². The lowest BCUT2D eigenvalue weighted by Crippen LogP contribution is -2.12. The van der Waals surface area contributed by atoms with Crippen molar-refractivity contribution in [1.29, 1.82) is 0 Å². The molecular formula is C17H22N2O. The van der Waals surface area contributed by atoms with Crippen LogP contribution in [0.15, 0.2) is 36.7 Å². The fraction of sp³-hybridized carbons (Fsp3) is 0.412. The maximum absolute atomic E-state index is 12.3. The predicted molar refractivity (Wildman–Crippen MR) is 81.1 cm³/mol. The minimum atomic E-state index is 0.135. The van der Waals surface area contributed by atoms with Crippen molar-refractivity contribution in [3.63, 3.8) is 0 Å². The number of ketones is 1. The Morgan fingerprint density at radius 2 is 1.95 bits per heavy atom. The normalized spacial score (nSPS) is 11.0. The first-order valence-corrected chi connectivity index (χ1v) is 7.25. The molecule has 0 atom stereocenters. The van der Waals surface area contributed by atoms with E-state index in [0.717, 1.165) is 24.2 Å². The fourth-order valence-corrected chi connectivity index (χ4v) is 2.24. The Hall–Kier alpha value is -1.90. The lowest BCUT2D eigenvalue weighted by Gasteiger charge is -2.08. The molecule has 20 heavy (non-hydrogen) atoms. The van der Waals surface area contributed by atoms with Gasteiger partial charge in [0.1, 0.15) is 5.82 Å². The van der Waals surface area contributed by atoms with E-state index in [1.807, 2.05) is 35.0 Å². The maximum Gasteiger partial charge on any atom is 0.182 e. The molecule has 2 aromatic rings. The second-order valence-electron chi connectivity index (χ2n) is 5.42. The fourth-order valence-electron chi connectivity index (χ4n) is 2.24. The number of benzene rings is 1. The predicted octanol–water partition coefficient (Wildman–Crippen LogP) is 3.84. The number of carbonyl (C=O) groups excluding carboxylic acids is 1.